The predicted molar refractivity (Wildman–Crippen MR) is 128 cm³/mol. The Morgan fingerprint density at radius 1 is 1.11 bits per heavy atom. The molecule has 1 fully saturated rings. The van der Waals surface area contributed by atoms with Crippen LogP contribution in [0.25, 0.3) is 0 Å². The third-order valence-electron chi connectivity index (χ3n) is 6.40. The Kier molecular flexibility index (Phi) is 7.99. The van der Waals surface area contributed by atoms with Crippen LogP contribution < -0.4 is 5.73 Å². The number of ether oxygens (including phenoxy) is 3. The lowest BCUT2D eigenvalue weighted by Gasteiger charge is -2.26. The highest BCUT2D eigenvalue weighted by Gasteiger charge is 2.33. The fourth-order valence-corrected chi connectivity index (χ4v) is 4.41. The summed E-state index contributed by atoms with van der Waals surface area (Å²) < 4.78 is 16.1. The number of amides is 1. The van der Waals surface area contributed by atoms with Crippen LogP contribution in [0.2, 0.25) is 0 Å². The van der Waals surface area contributed by atoms with Crippen LogP contribution in [0.1, 0.15) is 24.0 Å². The van der Waals surface area contributed by atoms with Gasteiger partial charge in [0.2, 0.25) is 11.7 Å². The molecule has 0 bridgehead atoms. The number of carbonyl (C=O) groups is 3. The second-order valence-corrected chi connectivity index (χ2v) is 8.79. The Balaban J connectivity index is 1.40. The van der Waals surface area contributed by atoms with Crippen molar-refractivity contribution in [3.63, 3.8) is 0 Å². The van der Waals surface area contributed by atoms with Crippen molar-refractivity contribution >= 4 is 17.7 Å². The Hall–Kier alpha value is -3.43. The van der Waals surface area contributed by atoms with E-state index in [9.17, 15) is 14.4 Å². The summed E-state index contributed by atoms with van der Waals surface area (Å²) in [6.07, 6.45) is 5.26. The minimum atomic E-state index is -0.691. The molecule has 186 valence electrons. The monoisotopic (exact) mass is 481 g/mol. The fourth-order valence-electron chi connectivity index (χ4n) is 4.41. The van der Waals surface area contributed by atoms with Crippen molar-refractivity contribution in [2.75, 3.05) is 40.0 Å². The summed E-state index contributed by atoms with van der Waals surface area (Å²) in [5, 5.41) is 0. The molecule has 4 rings (SSSR count). The van der Waals surface area contributed by atoms with E-state index in [1.54, 1.807) is 17.2 Å². The molecule has 1 aliphatic carbocycles. The summed E-state index contributed by atoms with van der Waals surface area (Å²) in [6, 6.07) is 7.49. The van der Waals surface area contributed by atoms with E-state index in [0.717, 1.165) is 44.0 Å². The zero-order valence-corrected chi connectivity index (χ0v) is 19.9. The SMILES string of the molecule is COC(=O)CCC(C(N)=O)N1C=C2C=CC(=O)C(OCc3ccc(CN4CCOCC4)cc3)=C2C1. The van der Waals surface area contributed by atoms with E-state index in [4.69, 9.17) is 15.2 Å². The summed E-state index contributed by atoms with van der Waals surface area (Å²) in [7, 11) is 1.30. The van der Waals surface area contributed by atoms with Crippen molar-refractivity contribution in [1.82, 2.24) is 9.80 Å². The average molecular weight is 482 g/mol. The second kappa shape index (κ2) is 11.3. The first-order valence-corrected chi connectivity index (χ1v) is 11.7. The molecule has 2 aliphatic heterocycles. The summed E-state index contributed by atoms with van der Waals surface area (Å²) >= 11 is 0. The van der Waals surface area contributed by atoms with E-state index in [-0.39, 0.29) is 31.0 Å². The van der Waals surface area contributed by atoms with Crippen LogP contribution in [0.3, 0.4) is 0 Å². The van der Waals surface area contributed by atoms with Crippen LogP contribution in [-0.4, -0.2) is 73.5 Å². The molecule has 1 atom stereocenters. The number of fused-ring (bicyclic) bond motifs is 1. The number of nitrogens with two attached hydrogens (primary N) is 1. The van der Waals surface area contributed by atoms with Gasteiger partial charge in [0.1, 0.15) is 12.6 Å². The van der Waals surface area contributed by atoms with Crippen LogP contribution in [0.5, 0.6) is 0 Å². The maximum Gasteiger partial charge on any atom is 0.305 e. The van der Waals surface area contributed by atoms with Crippen molar-refractivity contribution in [2.24, 2.45) is 5.73 Å². The standard InChI is InChI=1S/C26H31N3O6/c1-33-24(31)9-7-22(26(27)32)29-15-20-6-8-23(30)25(21(20)16-29)35-17-19-4-2-18(3-5-19)14-28-10-12-34-13-11-28/h2-6,8,15,22H,7,9-14,16-17H2,1H3,(H2,27,32). The molecule has 0 radical (unpaired) electrons. The smallest absolute Gasteiger partial charge is 0.305 e. The third kappa shape index (κ3) is 6.17. The van der Waals surface area contributed by atoms with E-state index in [0.29, 0.717) is 12.1 Å². The van der Waals surface area contributed by atoms with E-state index >= 15 is 0 Å². The maximum atomic E-state index is 12.6. The van der Waals surface area contributed by atoms with E-state index in [1.807, 2.05) is 12.1 Å². The van der Waals surface area contributed by atoms with E-state index in [2.05, 4.69) is 21.8 Å². The van der Waals surface area contributed by atoms with Crippen LogP contribution in [0, 0.1) is 0 Å². The first-order chi connectivity index (χ1) is 16.9. The molecule has 35 heavy (non-hydrogen) atoms. The summed E-state index contributed by atoms with van der Waals surface area (Å²) in [6.45, 7) is 4.84. The quantitative estimate of drug-likeness (QED) is 0.500. The van der Waals surface area contributed by atoms with Crippen molar-refractivity contribution < 1.29 is 28.6 Å². The van der Waals surface area contributed by atoms with Crippen molar-refractivity contribution in [1.29, 1.82) is 0 Å². The molecule has 1 saturated heterocycles. The molecule has 0 aromatic heterocycles. The highest BCUT2D eigenvalue weighted by molar-refractivity contribution is 6.05. The van der Waals surface area contributed by atoms with Gasteiger partial charge in [-0.05, 0) is 35.3 Å². The molecule has 1 aromatic carbocycles. The van der Waals surface area contributed by atoms with E-state index < -0.39 is 17.9 Å². The average Bonchev–Trinajstić information content (AvgIpc) is 3.28. The number of ketones is 1. The van der Waals surface area contributed by atoms with Crippen LogP contribution in [0.4, 0.5) is 0 Å². The molecular formula is C26H31N3O6. The lowest BCUT2D eigenvalue weighted by Crippen LogP contribution is -2.41. The largest absolute Gasteiger partial charge is 0.484 e. The number of nitrogens with zero attached hydrogens (tertiary/aromatic N) is 2. The van der Waals surface area contributed by atoms with E-state index in [1.165, 1.54) is 18.7 Å². The van der Waals surface area contributed by atoms with Gasteiger partial charge in [0.25, 0.3) is 0 Å². The van der Waals surface area contributed by atoms with Gasteiger partial charge >= 0.3 is 5.97 Å². The zero-order chi connectivity index (χ0) is 24.8. The number of hydrogen-bond acceptors (Lipinski definition) is 8. The van der Waals surface area contributed by atoms with Crippen molar-refractivity contribution in [3.8, 4) is 0 Å². The number of hydrogen-bond donors (Lipinski definition) is 1. The van der Waals surface area contributed by atoms with Gasteiger partial charge in [0.15, 0.2) is 5.76 Å². The number of primary amides is 1. The minimum absolute atomic E-state index is 0.0719. The van der Waals surface area contributed by atoms with Gasteiger partial charge in [-0.25, -0.2) is 0 Å². The number of allylic oxidation sites excluding steroid dienone is 2. The van der Waals surface area contributed by atoms with Gasteiger partial charge in [-0.3, -0.25) is 19.3 Å². The number of benzene rings is 1. The van der Waals surface area contributed by atoms with Gasteiger partial charge in [0.05, 0.1) is 20.3 Å². The lowest BCUT2D eigenvalue weighted by atomic mass is 10.00. The Bertz CT molecular complexity index is 1050. The summed E-state index contributed by atoms with van der Waals surface area (Å²) in [4.78, 5) is 40.3. The number of rotatable bonds is 10. The molecule has 1 unspecified atom stereocenters. The Morgan fingerprint density at radius 2 is 1.83 bits per heavy atom. The minimum Gasteiger partial charge on any atom is -0.484 e. The molecule has 1 amide bonds. The number of carbonyl (C=O) groups excluding carboxylic acids is 3. The second-order valence-electron chi connectivity index (χ2n) is 8.79. The Labute approximate surface area is 204 Å². The van der Waals surface area contributed by atoms with Crippen LogP contribution in [0.15, 0.2) is 59.5 Å². The molecule has 2 N–H and O–H groups in total. The lowest BCUT2D eigenvalue weighted by molar-refractivity contribution is -0.141. The molecular weight excluding hydrogens is 450 g/mol. The molecule has 9 nitrogen and oxygen atoms in total. The highest BCUT2D eigenvalue weighted by atomic mass is 16.5. The number of morpholine rings is 1. The summed E-state index contributed by atoms with van der Waals surface area (Å²) in [5.41, 5.74) is 9.28. The topological polar surface area (TPSA) is 111 Å². The normalized spacial score (nSPS) is 18.8. The Morgan fingerprint density at radius 3 is 2.51 bits per heavy atom. The molecule has 3 aliphatic rings. The van der Waals surface area contributed by atoms with Gasteiger partial charge in [-0.15, -0.1) is 0 Å². The summed E-state index contributed by atoms with van der Waals surface area (Å²) in [5.74, 6) is -0.891. The molecule has 0 saturated carbocycles. The molecule has 1 aromatic rings. The molecule has 0 spiro atoms. The van der Waals surface area contributed by atoms with Crippen LogP contribution in [-0.2, 0) is 41.7 Å². The highest BCUT2D eigenvalue weighted by Crippen LogP contribution is 2.32. The van der Waals surface area contributed by atoms with Crippen molar-refractivity contribution in [2.45, 2.75) is 32.0 Å². The molecule has 2 heterocycles. The third-order valence-corrected chi connectivity index (χ3v) is 6.40. The number of esters is 1. The van der Waals surface area contributed by atoms with Gasteiger partial charge in [-0.2, -0.15) is 0 Å². The van der Waals surface area contributed by atoms with Gasteiger partial charge in [0, 0.05) is 44.4 Å². The zero-order valence-electron chi connectivity index (χ0n) is 19.9. The molecule has 9 heteroatoms. The fraction of sp³-hybridized carbons (Fsp3) is 0.423. The van der Waals surface area contributed by atoms with Gasteiger partial charge < -0.3 is 24.8 Å². The first kappa shape index (κ1) is 24.7. The van der Waals surface area contributed by atoms with Gasteiger partial charge in [-0.1, -0.05) is 24.3 Å². The van der Waals surface area contributed by atoms with Crippen LogP contribution >= 0.6 is 0 Å². The predicted octanol–water partition coefficient (Wildman–Crippen LogP) is 1.44. The first-order valence-electron chi connectivity index (χ1n) is 11.7. The maximum absolute atomic E-state index is 12.6. The number of methoxy groups -OCH3 is 1. The van der Waals surface area contributed by atoms with Crippen molar-refractivity contribution in [3.05, 3.63) is 70.6 Å².